The van der Waals surface area contributed by atoms with E-state index in [4.69, 9.17) is 9.47 Å². The molecule has 3 aromatic rings. The lowest BCUT2D eigenvalue weighted by Crippen LogP contribution is -2.40. The lowest BCUT2D eigenvalue weighted by atomic mass is 9.97. The molecule has 1 aromatic heterocycles. The zero-order valence-electron chi connectivity index (χ0n) is 20.7. The highest BCUT2D eigenvalue weighted by molar-refractivity contribution is 7.91. The molecule has 2 aromatic carbocycles. The van der Waals surface area contributed by atoms with Crippen LogP contribution in [0.15, 0.2) is 52.4 Å². The van der Waals surface area contributed by atoms with Crippen LogP contribution in [-0.4, -0.2) is 45.7 Å². The number of hydrogen-bond donors (Lipinski definition) is 0. The Bertz CT molecular complexity index is 1350. The summed E-state index contributed by atoms with van der Waals surface area (Å²) in [5, 5.41) is 0.686. The molecule has 1 aliphatic rings. The van der Waals surface area contributed by atoms with Gasteiger partial charge in [-0.3, -0.25) is 9.78 Å². The Labute approximate surface area is 207 Å². The summed E-state index contributed by atoms with van der Waals surface area (Å²) in [5.41, 5.74) is 3.15. The summed E-state index contributed by atoms with van der Waals surface area (Å²) in [6, 6.07) is 10.7. The van der Waals surface area contributed by atoms with Crippen molar-refractivity contribution in [1.82, 2.24) is 4.98 Å². The molecule has 0 N–H and O–H groups in total. The fourth-order valence-corrected chi connectivity index (χ4v) is 6.08. The molecule has 35 heavy (non-hydrogen) atoms. The molecule has 1 fully saturated rings. The molecule has 0 unspecified atom stereocenters. The van der Waals surface area contributed by atoms with Crippen LogP contribution in [0.1, 0.15) is 37.8 Å². The number of ether oxygens (including phenoxy) is 2. The number of carbonyl (C=O) groups excluding carboxylic acids is 1. The molecule has 7 nitrogen and oxygen atoms in total. The Morgan fingerprint density at radius 2 is 1.89 bits per heavy atom. The number of aromatic nitrogens is 1. The summed E-state index contributed by atoms with van der Waals surface area (Å²) in [4.78, 5) is 19.4. The van der Waals surface area contributed by atoms with Crippen LogP contribution in [-0.2, 0) is 19.4 Å². The molecule has 1 atom stereocenters. The number of esters is 1. The lowest BCUT2D eigenvalue weighted by Gasteiger charge is -2.35. The number of carbonyl (C=O) groups is 1. The first-order chi connectivity index (χ1) is 16.8. The standard InChI is InChI=1S/C27H32N2O5S/c1-5-33-21-10-12-24-23(15-21)26(29-13-7-8-20(17-29)27(30)34-6-2)25(16-28-24)35(31,32)22-11-9-18(3)19(4)14-22/h9-12,14-16,20H,5-8,13,17H2,1-4H3/t20-/m1/s1. The van der Waals surface area contributed by atoms with E-state index in [2.05, 4.69) is 4.98 Å². The van der Waals surface area contributed by atoms with E-state index in [0.717, 1.165) is 17.5 Å². The number of nitrogens with zero attached hydrogens (tertiary/aromatic N) is 2. The highest BCUT2D eigenvalue weighted by Gasteiger charge is 2.32. The van der Waals surface area contributed by atoms with Crippen molar-refractivity contribution in [3.8, 4) is 5.75 Å². The van der Waals surface area contributed by atoms with E-state index >= 15 is 0 Å². The number of aryl methyl sites for hydroxylation is 2. The minimum Gasteiger partial charge on any atom is -0.494 e. The van der Waals surface area contributed by atoms with Gasteiger partial charge in [0.15, 0.2) is 0 Å². The van der Waals surface area contributed by atoms with Gasteiger partial charge >= 0.3 is 5.97 Å². The highest BCUT2D eigenvalue weighted by Crippen LogP contribution is 2.39. The van der Waals surface area contributed by atoms with Crippen LogP contribution in [0.3, 0.4) is 0 Å². The lowest BCUT2D eigenvalue weighted by molar-refractivity contribution is -0.148. The molecule has 0 bridgehead atoms. The minimum absolute atomic E-state index is 0.131. The van der Waals surface area contributed by atoms with E-state index in [1.165, 1.54) is 6.20 Å². The Hall–Kier alpha value is -3.13. The van der Waals surface area contributed by atoms with Gasteiger partial charge in [0.25, 0.3) is 0 Å². The average Bonchev–Trinajstić information content (AvgIpc) is 2.85. The van der Waals surface area contributed by atoms with Crippen molar-refractivity contribution in [1.29, 1.82) is 0 Å². The van der Waals surface area contributed by atoms with E-state index in [1.54, 1.807) is 19.1 Å². The van der Waals surface area contributed by atoms with Gasteiger partial charge in [-0.25, -0.2) is 8.42 Å². The molecule has 0 aliphatic carbocycles. The molecule has 2 heterocycles. The van der Waals surface area contributed by atoms with Gasteiger partial charge in [-0.1, -0.05) is 6.07 Å². The first kappa shape index (κ1) is 25.0. The summed E-state index contributed by atoms with van der Waals surface area (Å²) in [5.74, 6) is 0.0750. The first-order valence-electron chi connectivity index (χ1n) is 12.1. The number of piperidine rings is 1. The highest BCUT2D eigenvalue weighted by atomic mass is 32.2. The van der Waals surface area contributed by atoms with Crippen molar-refractivity contribution in [2.75, 3.05) is 31.2 Å². The minimum atomic E-state index is -3.88. The molecular formula is C27H32N2O5S. The maximum absolute atomic E-state index is 13.9. The van der Waals surface area contributed by atoms with Crippen LogP contribution in [0.4, 0.5) is 5.69 Å². The van der Waals surface area contributed by atoms with Gasteiger partial charge in [0.1, 0.15) is 10.6 Å². The van der Waals surface area contributed by atoms with Gasteiger partial charge < -0.3 is 14.4 Å². The van der Waals surface area contributed by atoms with Gasteiger partial charge in [-0.05, 0) is 82.0 Å². The predicted molar refractivity (Wildman–Crippen MR) is 136 cm³/mol. The summed E-state index contributed by atoms with van der Waals surface area (Å²) in [6.45, 7) is 9.36. The smallest absolute Gasteiger partial charge is 0.310 e. The topological polar surface area (TPSA) is 85.8 Å². The van der Waals surface area contributed by atoms with Crippen LogP contribution in [0.25, 0.3) is 10.9 Å². The summed E-state index contributed by atoms with van der Waals surface area (Å²) in [6.07, 6.45) is 2.90. The third-order valence-corrected chi connectivity index (χ3v) is 8.28. The van der Waals surface area contributed by atoms with Crippen LogP contribution >= 0.6 is 0 Å². The number of sulfone groups is 1. The molecular weight excluding hydrogens is 464 g/mol. The number of benzene rings is 2. The third-order valence-electron chi connectivity index (χ3n) is 6.52. The molecule has 0 spiro atoms. The van der Waals surface area contributed by atoms with Gasteiger partial charge in [0, 0.05) is 24.7 Å². The zero-order valence-corrected chi connectivity index (χ0v) is 21.5. The Morgan fingerprint density at radius 3 is 2.60 bits per heavy atom. The van der Waals surface area contributed by atoms with Crippen molar-refractivity contribution in [3.05, 3.63) is 53.7 Å². The summed E-state index contributed by atoms with van der Waals surface area (Å²) >= 11 is 0. The number of fused-ring (bicyclic) bond motifs is 1. The second-order valence-corrected chi connectivity index (χ2v) is 10.8. The first-order valence-corrected chi connectivity index (χ1v) is 13.5. The maximum Gasteiger partial charge on any atom is 0.310 e. The number of hydrogen-bond acceptors (Lipinski definition) is 7. The quantitative estimate of drug-likeness (QED) is 0.432. The van der Waals surface area contributed by atoms with E-state index < -0.39 is 9.84 Å². The fraction of sp³-hybridized carbons (Fsp3) is 0.407. The molecule has 0 amide bonds. The SMILES string of the molecule is CCOC(=O)[C@@H]1CCCN(c2c(S(=O)(=O)c3ccc(C)c(C)c3)cnc3ccc(OCC)cc23)C1. The van der Waals surface area contributed by atoms with Gasteiger partial charge in [-0.15, -0.1) is 0 Å². The molecule has 4 rings (SSSR count). The summed E-state index contributed by atoms with van der Waals surface area (Å²) in [7, 11) is -3.88. The van der Waals surface area contributed by atoms with Crippen LogP contribution in [0, 0.1) is 19.8 Å². The van der Waals surface area contributed by atoms with Gasteiger partial charge in [-0.2, -0.15) is 0 Å². The van der Waals surface area contributed by atoms with Crippen molar-refractivity contribution in [2.24, 2.45) is 5.92 Å². The van der Waals surface area contributed by atoms with E-state index in [-0.39, 0.29) is 21.7 Å². The normalized spacial score (nSPS) is 16.3. The zero-order chi connectivity index (χ0) is 25.2. The van der Waals surface area contributed by atoms with Crippen molar-refractivity contribution in [2.45, 2.75) is 50.3 Å². The van der Waals surface area contributed by atoms with Crippen LogP contribution in [0.2, 0.25) is 0 Å². The molecule has 1 aliphatic heterocycles. The number of anilines is 1. The monoisotopic (exact) mass is 496 g/mol. The van der Waals surface area contributed by atoms with Crippen LogP contribution < -0.4 is 9.64 Å². The molecule has 0 saturated carbocycles. The Morgan fingerprint density at radius 1 is 1.09 bits per heavy atom. The fourth-order valence-electron chi connectivity index (χ4n) is 4.56. The van der Waals surface area contributed by atoms with E-state index in [9.17, 15) is 13.2 Å². The molecule has 186 valence electrons. The van der Waals surface area contributed by atoms with Crippen molar-refractivity contribution >= 4 is 32.4 Å². The molecule has 8 heteroatoms. The largest absolute Gasteiger partial charge is 0.494 e. The van der Waals surface area contributed by atoms with Crippen molar-refractivity contribution in [3.63, 3.8) is 0 Å². The molecule has 0 radical (unpaired) electrons. The molecule has 1 saturated heterocycles. The van der Waals surface area contributed by atoms with Crippen LogP contribution in [0.5, 0.6) is 5.75 Å². The van der Waals surface area contributed by atoms with E-state index in [0.29, 0.717) is 55.1 Å². The second kappa shape index (κ2) is 10.2. The number of pyridine rings is 1. The Kier molecular flexibility index (Phi) is 7.31. The Balaban J connectivity index is 1.91. The van der Waals surface area contributed by atoms with Gasteiger partial charge in [0.05, 0.1) is 35.2 Å². The van der Waals surface area contributed by atoms with E-state index in [1.807, 2.05) is 49.9 Å². The average molecular weight is 497 g/mol. The van der Waals surface area contributed by atoms with Gasteiger partial charge in [0.2, 0.25) is 9.84 Å². The summed E-state index contributed by atoms with van der Waals surface area (Å²) < 4.78 is 38.9. The third kappa shape index (κ3) is 4.98. The second-order valence-electron chi connectivity index (χ2n) is 8.87. The maximum atomic E-state index is 13.9. The number of rotatable bonds is 7. The predicted octanol–water partition coefficient (Wildman–Crippen LogP) is 4.86. The van der Waals surface area contributed by atoms with Crippen molar-refractivity contribution < 1.29 is 22.7 Å².